The fraction of sp³-hybridized carbons (Fsp3) is 0.588. The Morgan fingerprint density at radius 3 is 2.77 bits per heavy atom. The van der Waals surface area contributed by atoms with E-state index in [1.807, 2.05) is 44.9 Å². The number of nitrogens with zero attached hydrogens (tertiary/aromatic N) is 2. The van der Waals surface area contributed by atoms with E-state index >= 15 is 0 Å². The van der Waals surface area contributed by atoms with E-state index in [1.165, 1.54) is 5.56 Å². The van der Waals surface area contributed by atoms with Crippen LogP contribution in [0, 0.1) is 0 Å². The summed E-state index contributed by atoms with van der Waals surface area (Å²) in [4.78, 5) is 1.86. The molecule has 122 valence electrons. The number of hydrogen-bond acceptors (Lipinski definition) is 4. The van der Waals surface area contributed by atoms with Gasteiger partial charge in [-0.25, -0.2) is 0 Å². The molecule has 0 saturated heterocycles. The molecule has 1 aliphatic carbocycles. The molecule has 0 heterocycles. The number of nitrogens with two attached hydrogens (primary N) is 1. The van der Waals surface area contributed by atoms with Crippen molar-refractivity contribution in [1.29, 1.82) is 0 Å². The third-order valence-electron chi connectivity index (χ3n) is 4.24. The molecule has 0 saturated carbocycles. The Labute approximate surface area is 132 Å². The summed E-state index contributed by atoms with van der Waals surface area (Å²) in [6, 6.07) is 6.11. The van der Waals surface area contributed by atoms with Gasteiger partial charge < -0.3 is 20.6 Å². The number of oxime groups is 1. The highest BCUT2D eigenvalue weighted by Crippen LogP contribution is 2.31. The Hall–Kier alpha value is -1.59. The number of benzene rings is 1. The van der Waals surface area contributed by atoms with Crippen molar-refractivity contribution >= 4 is 5.84 Å². The second-order valence-electron chi connectivity index (χ2n) is 6.19. The minimum atomic E-state index is -0.181. The molecule has 2 rings (SSSR count). The summed E-state index contributed by atoms with van der Waals surface area (Å²) < 4.78 is 5.79. The molecule has 0 bridgehead atoms. The van der Waals surface area contributed by atoms with Crippen LogP contribution in [0.1, 0.15) is 56.3 Å². The average molecular weight is 305 g/mol. The van der Waals surface area contributed by atoms with Gasteiger partial charge in [0.2, 0.25) is 0 Å². The summed E-state index contributed by atoms with van der Waals surface area (Å²) in [5.74, 6) is 0.527. The van der Waals surface area contributed by atoms with Crippen molar-refractivity contribution in [2.24, 2.45) is 10.9 Å². The Morgan fingerprint density at radius 2 is 2.14 bits per heavy atom. The Balaban J connectivity index is 2.35. The highest BCUT2D eigenvalue weighted by molar-refractivity contribution is 6.00. The smallest absolute Gasteiger partial charge is 0.177 e. The van der Waals surface area contributed by atoms with Crippen LogP contribution < -0.4 is 5.73 Å². The first-order valence-electron chi connectivity index (χ1n) is 7.93. The lowest BCUT2D eigenvalue weighted by Crippen LogP contribution is -2.39. The molecule has 5 nitrogen and oxygen atoms in total. The fourth-order valence-electron chi connectivity index (χ4n) is 3.07. The number of fused-ring (bicyclic) bond motifs is 1. The molecule has 0 spiro atoms. The van der Waals surface area contributed by atoms with Crippen molar-refractivity contribution in [3.63, 3.8) is 0 Å². The summed E-state index contributed by atoms with van der Waals surface area (Å²) in [5, 5.41) is 13.1. The quantitative estimate of drug-likeness (QED) is 0.295. The molecule has 5 heteroatoms. The van der Waals surface area contributed by atoms with Crippen LogP contribution in [0.15, 0.2) is 23.4 Å². The molecule has 1 aliphatic rings. The van der Waals surface area contributed by atoms with E-state index in [1.54, 1.807) is 0 Å². The first kappa shape index (κ1) is 16.8. The first-order chi connectivity index (χ1) is 10.5. The van der Waals surface area contributed by atoms with Gasteiger partial charge in [0.05, 0.1) is 6.10 Å². The lowest BCUT2D eigenvalue weighted by Gasteiger charge is -2.31. The molecular formula is C17H27N3O2. The van der Waals surface area contributed by atoms with Gasteiger partial charge >= 0.3 is 0 Å². The number of ether oxygens (including phenoxy) is 1. The van der Waals surface area contributed by atoms with Crippen molar-refractivity contribution in [2.75, 3.05) is 7.05 Å². The van der Waals surface area contributed by atoms with E-state index in [2.05, 4.69) is 11.2 Å². The lowest BCUT2D eigenvalue weighted by atomic mass is 9.85. The van der Waals surface area contributed by atoms with Crippen molar-refractivity contribution in [2.45, 2.75) is 58.4 Å². The van der Waals surface area contributed by atoms with Gasteiger partial charge in [0.25, 0.3) is 0 Å². The molecule has 1 aromatic rings. The van der Waals surface area contributed by atoms with Gasteiger partial charge in [0.15, 0.2) is 5.84 Å². The topological polar surface area (TPSA) is 71.1 Å². The maximum atomic E-state index is 9.56. The van der Waals surface area contributed by atoms with E-state index in [0.29, 0.717) is 5.84 Å². The normalized spacial score (nSPS) is 19.9. The summed E-state index contributed by atoms with van der Waals surface area (Å²) in [7, 11) is 1.88. The van der Waals surface area contributed by atoms with Crippen molar-refractivity contribution < 1.29 is 9.94 Å². The maximum absolute atomic E-state index is 9.56. The molecule has 22 heavy (non-hydrogen) atoms. The van der Waals surface area contributed by atoms with Crippen LogP contribution in [0.2, 0.25) is 0 Å². The monoisotopic (exact) mass is 305 g/mol. The van der Waals surface area contributed by atoms with Gasteiger partial charge in [0, 0.05) is 18.7 Å². The van der Waals surface area contributed by atoms with Crippen LogP contribution >= 0.6 is 0 Å². The number of amidine groups is 1. The van der Waals surface area contributed by atoms with Crippen LogP contribution in [-0.4, -0.2) is 35.3 Å². The third kappa shape index (κ3) is 3.42. The molecule has 0 fully saturated rings. The second kappa shape index (κ2) is 7.11. The summed E-state index contributed by atoms with van der Waals surface area (Å²) >= 11 is 0. The largest absolute Gasteiger partial charge is 0.409 e. The SMILES string of the molecule is CC(C)OC(C)N(C)/C(=N\O)c1cccc2c1CCC[C@H]2N. The van der Waals surface area contributed by atoms with Gasteiger partial charge in [-0.15, -0.1) is 0 Å². The van der Waals surface area contributed by atoms with E-state index in [-0.39, 0.29) is 18.4 Å². The van der Waals surface area contributed by atoms with Gasteiger partial charge in [0.1, 0.15) is 6.23 Å². The number of rotatable bonds is 4. The predicted molar refractivity (Wildman–Crippen MR) is 88.1 cm³/mol. The molecular weight excluding hydrogens is 278 g/mol. The molecule has 1 unspecified atom stereocenters. The summed E-state index contributed by atoms with van der Waals surface area (Å²) in [6.07, 6.45) is 2.96. The van der Waals surface area contributed by atoms with Crippen LogP contribution in [0.5, 0.6) is 0 Å². The third-order valence-corrected chi connectivity index (χ3v) is 4.24. The van der Waals surface area contributed by atoms with Crippen molar-refractivity contribution in [3.8, 4) is 0 Å². The fourth-order valence-corrected chi connectivity index (χ4v) is 3.07. The minimum absolute atomic E-state index is 0.0679. The van der Waals surface area contributed by atoms with E-state index in [0.717, 1.165) is 30.4 Å². The van der Waals surface area contributed by atoms with Gasteiger partial charge in [-0.05, 0) is 51.2 Å². The number of hydrogen-bond donors (Lipinski definition) is 2. The Morgan fingerprint density at radius 1 is 1.41 bits per heavy atom. The van der Waals surface area contributed by atoms with E-state index in [9.17, 15) is 5.21 Å². The van der Waals surface area contributed by atoms with Crippen LogP contribution in [0.3, 0.4) is 0 Å². The molecule has 0 aliphatic heterocycles. The van der Waals surface area contributed by atoms with Crippen molar-refractivity contribution in [1.82, 2.24) is 4.90 Å². The summed E-state index contributed by atoms with van der Waals surface area (Å²) in [6.45, 7) is 5.93. The molecule has 3 N–H and O–H groups in total. The zero-order chi connectivity index (χ0) is 16.3. The Kier molecular flexibility index (Phi) is 5.42. The molecule has 0 aromatic heterocycles. The van der Waals surface area contributed by atoms with Gasteiger partial charge in [-0.3, -0.25) is 0 Å². The van der Waals surface area contributed by atoms with Crippen LogP contribution in [-0.2, 0) is 11.2 Å². The van der Waals surface area contributed by atoms with Crippen LogP contribution in [0.25, 0.3) is 0 Å². The summed E-state index contributed by atoms with van der Waals surface area (Å²) in [5.41, 5.74) is 9.51. The zero-order valence-corrected chi connectivity index (χ0v) is 13.9. The minimum Gasteiger partial charge on any atom is -0.409 e. The van der Waals surface area contributed by atoms with Gasteiger partial charge in [-0.2, -0.15) is 0 Å². The van der Waals surface area contributed by atoms with E-state index in [4.69, 9.17) is 10.5 Å². The zero-order valence-electron chi connectivity index (χ0n) is 13.9. The average Bonchev–Trinajstić information content (AvgIpc) is 2.48. The lowest BCUT2D eigenvalue weighted by molar-refractivity contribution is -0.0402. The predicted octanol–water partition coefficient (Wildman–Crippen LogP) is 2.86. The first-order valence-corrected chi connectivity index (χ1v) is 7.93. The maximum Gasteiger partial charge on any atom is 0.177 e. The Bertz CT molecular complexity index is 543. The second-order valence-corrected chi connectivity index (χ2v) is 6.19. The highest BCUT2D eigenvalue weighted by Gasteiger charge is 2.25. The molecule has 1 aromatic carbocycles. The molecule has 2 atom stereocenters. The molecule has 0 amide bonds. The van der Waals surface area contributed by atoms with E-state index < -0.39 is 0 Å². The molecule has 0 radical (unpaired) electrons. The van der Waals surface area contributed by atoms with Crippen LogP contribution in [0.4, 0.5) is 0 Å². The van der Waals surface area contributed by atoms with Gasteiger partial charge in [-0.1, -0.05) is 23.4 Å². The highest BCUT2D eigenvalue weighted by atomic mass is 16.5. The standard InChI is InChI=1S/C17H27N3O2/c1-11(2)22-12(3)20(4)17(19-21)15-9-5-8-14-13(15)7-6-10-16(14)18/h5,8-9,11-12,16,21H,6-7,10,18H2,1-4H3/b19-17-/t12?,16-/m1/s1. The van der Waals surface area contributed by atoms with Crippen molar-refractivity contribution in [3.05, 3.63) is 34.9 Å².